The van der Waals surface area contributed by atoms with E-state index < -0.39 is 0 Å². The average molecular weight is 144 g/mol. The average Bonchev–Trinajstić information content (AvgIpc) is 2.20. The largest absolute Gasteiger partial charge is 0.303 e. The number of nitrogens with two attached hydrogens (primary N) is 1. The maximum atomic E-state index is 5.01. The smallest absolute Gasteiger partial charge is 0.0837 e. The van der Waals surface area contributed by atoms with Gasteiger partial charge in [0.25, 0.3) is 0 Å². The molecule has 0 aromatic carbocycles. The summed E-state index contributed by atoms with van der Waals surface area (Å²) in [5, 5.41) is 0. The molecule has 0 radical (unpaired) electrons. The van der Waals surface area contributed by atoms with Crippen molar-refractivity contribution in [3.05, 3.63) is 0 Å². The van der Waals surface area contributed by atoms with E-state index in [9.17, 15) is 0 Å². The fourth-order valence-corrected chi connectivity index (χ4v) is 1.59. The summed E-state index contributed by atoms with van der Waals surface area (Å²) in [7, 11) is 2.12. The summed E-state index contributed by atoms with van der Waals surface area (Å²) in [6, 6.07) is 0.532. The van der Waals surface area contributed by atoms with Crippen LogP contribution in [0.4, 0.5) is 0 Å². The normalized spacial score (nSPS) is 35.1. The van der Waals surface area contributed by atoms with Crippen LogP contribution in [0.2, 0.25) is 0 Å². The Kier molecular flexibility index (Phi) is 2.65. The predicted octanol–water partition coefficient (Wildman–Crippen LogP) is 0.217. The number of hydrogen-bond acceptors (Lipinski definition) is 3. The third-order valence-electron chi connectivity index (χ3n) is 2.43. The van der Waals surface area contributed by atoms with E-state index in [4.69, 9.17) is 5.90 Å². The predicted molar refractivity (Wildman–Crippen MR) is 40.3 cm³/mol. The van der Waals surface area contributed by atoms with Crippen LogP contribution in [0, 0.1) is 5.92 Å². The topological polar surface area (TPSA) is 38.5 Å². The van der Waals surface area contributed by atoms with E-state index in [0.717, 1.165) is 5.92 Å². The Morgan fingerprint density at radius 1 is 1.70 bits per heavy atom. The zero-order chi connectivity index (χ0) is 7.56. The molecule has 1 heterocycles. The van der Waals surface area contributed by atoms with Crippen molar-refractivity contribution in [1.82, 2.24) is 4.90 Å². The van der Waals surface area contributed by atoms with Gasteiger partial charge in [-0.2, -0.15) is 0 Å². The summed E-state index contributed by atoms with van der Waals surface area (Å²) in [5.41, 5.74) is 0. The van der Waals surface area contributed by atoms with Crippen molar-refractivity contribution in [3.8, 4) is 0 Å². The van der Waals surface area contributed by atoms with Gasteiger partial charge in [-0.1, -0.05) is 6.92 Å². The molecule has 3 heteroatoms. The molecule has 1 aliphatic rings. The van der Waals surface area contributed by atoms with Crippen LogP contribution in [-0.2, 0) is 4.84 Å². The molecule has 1 fully saturated rings. The highest BCUT2D eigenvalue weighted by molar-refractivity contribution is 4.81. The number of nitrogens with zero attached hydrogens (tertiary/aromatic N) is 1. The first kappa shape index (κ1) is 7.98. The molecule has 0 amide bonds. The Balaban J connectivity index is 2.38. The summed E-state index contributed by atoms with van der Waals surface area (Å²) in [6.45, 7) is 4.08. The Hall–Kier alpha value is -0.120. The zero-order valence-electron chi connectivity index (χ0n) is 6.71. The van der Waals surface area contributed by atoms with Gasteiger partial charge in [-0.3, -0.25) is 0 Å². The van der Waals surface area contributed by atoms with Crippen LogP contribution in [-0.4, -0.2) is 31.1 Å². The Morgan fingerprint density at radius 2 is 2.40 bits per heavy atom. The lowest BCUT2D eigenvalue weighted by molar-refractivity contribution is 0.0750. The third-order valence-corrected chi connectivity index (χ3v) is 2.43. The van der Waals surface area contributed by atoms with Gasteiger partial charge in [-0.05, 0) is 25.9 Å². The second kappa shape index (κ2) is 3.32. The Labute approximate surface area is 62.1 Å². The van der Waals surface area contributed by atoms with Crippen LogP contribution in [0.25, 0.3) is 0 Å². The molecule has 0 aromatic heterocycles. The van der Waals surface area contributed by atoms with Crippen LogP contribution < -0.4 is 5.90 Å². The van der Waals surface area contributed by atoms with E-state index in [1.54, 1.807) is 0 Å². The van der Waals surface area contributed by atoms with Gasteiger partial charge in [0.05, 0.1) is 6.61 Å². The zero-order valence-corrected chi connectivity index (χ0v) is 6.71. The SMILES string of the molecule is CC1CCN(C)C1CON. The highest BCUT2D eigenvalue weighted by atomic mass is 16.6. The molecule has 2 atom stereocenters. The molecule has 1 saturated heterocycles. The maximum Gasteiger partial charge on any atom is 0.0837 e. The summed E-state index contributed by atoms with van der Waals surface area (Å²) >= 11 is 0. The molecule has 2 unspecified atom stereocenters. The van der Waals surface area contributed by atoms with Crippen molar-refractivity contribution < 1.29 is 4.84 Å². The van der Waals surface area contributed by atoms with Gasteiger partial charge in [0.15, 0.2) is 0 Å². The van der Waals surface area contributed by atoms with Crippen LogP contribution in [0.3, 0.4) is 0 Å². The van der Waals surface area contributed by atoms with Crippen molar-refractivity contribution in [2.24, 2.45) is 11.8 Å². The minimum Gasteiger partial charge on any atom is -0.303 e. The summed E-state index contributed by atoms with van der Waals surface area (Å²) in [4.78, 5) is 6.93. The molecule has 0 spiro atoms. The van der Waals surface area contributed by atoms with Crippen LogP contribution in [0.1, 0.15) is 13.3 Å². The van der Waals surface area contributed by atoms with E-state index in [1.165, 1.54) is 13.0 Å². The number of rotatable bonds is 2. The molecule has 0 saturated carbocycles. The standard InChI is InChI=1S/C7H16N2O/c1-6-3-4-9(2)7(6)5-10-8/h6-7H,3-5,8H2,1-2H3. The van der Waals surface area contributed by atoms with Gasteiger partial charge in [0.1, 0.15) is 0 Å². The molecule has 10 heavy (non-hydrogen) atoms. The molecule has 0 bridgehead atoms. The summed E-state index contributed by atoms with van der Waals surface area (Å²) in [5.74, 6) is 5.74. The number of likely N-dealkylation sites (tertiary alicyclic amines) is 1. The molecule has 2 N–H and O–H groups in total. The van der Waals surface area contributed by atoms with Gasteiger partial charge >= 0.3 is 0 Å². The van der Waals surface area contributed by atoms with Crippen molar-refractivity contribution >= 4 is 0 Å². The van der Waals surface area contributed by atoms with Crippen molar-refractivity contribution in [3.63, 3.8) is 0 Å². The first-order chi connectivity index (χ1) is 4.75. The monoisotopic (exact) mass is 144 g/mol. The van der Waals surface area contributed by atoms with E-state index in [2.05, 4.69) is 23.7 Å². The third kappa shape index (κ3) is 1.48. The summed E-state index contributed by atoms with van der Waals surface area (Å²) in [6.07, 6.45) is 1.27. The van der Waals surface area contributed by atoms with Crippen LogP contribution in [0.15, 0.2) is 0 Å². The molecule has 0 aliphatic carbocycles. The van der Waals surface area contributed by atoms with E-state index in [0.29, 0.717) is 12.6 Å². The minimum absolute atomic E-state index is 0.532. The molecule has 0 aromatic rings. The van der Waals surface area contributed by atoms with Crippen molar-refractivity contribution in [2.75, 3.05) is 20.2 Å². The lowest BCUT2D eigenvalue weighted by Crippen LogP contribution is -2.33. The quantitative estimate of drug-likeness (QED) is 0.563. The first-order valence-corrected chi connectivity index (χ1v) is 3.77. The molecular weight excluding hydrogens is 128 g/mol. The Bertz CT molecular complexity index is 97.8. The number of likely N-dealkylation sites (N-methyl/N-ethyl adjacent to an activating group) is 1. The van der Waals surface area contributed by atoms with E-state index in [-0.39, 0.29) is 0 Å². The fourth-order valence-electron chi connectivity index (χ4n) is 1.59. The van der Waals surface area contributed by atoms with Gasteiger partial charge in [0, 0.05) is 6.04 Å². The second-order valence-electron chi connectivity index (χ2n) is 3.15. The summed E-state index contributed by atoms with van der Waals surface area (Å²) < 4.78 is 0. The van der Waals surface area contributed by atoms with Gasteiger partial charge in [0.2, 0.25) is 0 Å². The molecule has 3 nitrogen and oxygen atoms in total. The molecule has 60 valence electrons. The molecule has 1 aliphatic heterocycles. The molecular formula is C7H16N2O. The van der Waals surface area contributed by atoms with Crippen LogP contribution in [0.5, 0.6) is 0 Å². The van der Waals surface area contributed by atoms with E-state index >= 15 is 0 Å². The van der Waals surface area contributed by atoms with Crippen molar-refractivity contribution in [2.45, 2.75) is 19.4 Å². The first-order valence-electron chi connectivity index (χ1n) is 3.77. The lowest BCUT2D eigenvalue weighted by Gasteiger charge is -2.20. The Morgan fingerprint density at radius 3 is 2.80 bits per heavy atom. The van der Waals surface area contributed by atoms with Gasteiger partial charge < -0.3 is 9.74 Å². The van der Waals surface area contributed by atoms with Crippen molar-refractivity contribution in [1.29, 1.82) is 0 Å². The molecule has 1 rings (SSSR count). The van der Waals surface area contributed by atoms with Gasteiger partial charge in [-0.25, -0.2) is 5.90 Å². The van der Waals surface area contributed by atoms with Crippen LogP contribution >= 0.6 is 0 Å². The highest BCUT2D eigenvalue weighted by Crippen LogP contribution is 2.21. The number of hydrogen-bond donors (Lipinski definition) is 1. The van der Waals surface area contributed by atoms with E-state index in [1.807, 2.05) is 0 Å². The maximum absolute atomic E-state index is 5.01. The van der Waals surface area contributed by atoms with Gasteiger partial charge in [-0.15, -0.1) is 0 Å². The lowest BCUT2D eigenvalue weighted by atomic mass is 10.0. The highest BCUT2D eigenvalue weighted by Gasteiger charge is 2.27. The second-order valence-corrected chi connectivity index (χ2v) is 3.15. The minimum atomic E-state index is 0.532. The fraction of sp³-hybridized carbons (Fsp3) is 1.00.